The van der Waals surface area contributed by atoms with Crippen molar-refractivity contribution in [1.29, 1.82) is 5.26 Å². The molecule has 304 valence electrons. The number of nitrogens with zero attached hydrogens (tertiary/aromatic N) is 7. The molecule has 0 radical (unpaired) electrons. The molecule has 4 amide bonds. The smallest absolute Gasteiger partial charge is 0.262 e. The van der Waals surface area contributed by atoms with Crippen LogP contribution in [0.25, 0.3) is 10.9 Å². The van der Waals surface area contributed by atoms with Crippen molar-refractivity contribution in [2.75, 3.05) is 62.7 Å². The summed E-state index contributed by atoms with van der Waals surface area (Å²) < 4.78 is 6.22. The van der Waals surface area contributed by atoms with Crippen LogP contribution in [0.1, 0.15) is 75.2 Å². The number of nitrogens with one attached hydrogen (secondary N) is 2. The summed E-state index contributed by atoms with van der Waals surface area (Å²) in [7, 11) is 1.45. The molecule has 2 N–H and O–H groups in total. The second-order valence-electron chi connectivity index (χ2n) is 15.7. The number of hydrogen-bond acceptors (Lipinski definition) is 12. The molecule has 1 saturated carbocycles. The molecular weight excluding hydrogens is 751 g/mol. The van der Waals surface area contributed by atoms with E-state index in [0.717, 1.165) is 80.4 Å². The molecule has 8 rings (SSSR count). The van der Waals surface area contributed by atoms with Crippen LogP contribution in [0.5, 0.6) is 5.75 Å². The molecule has 2 aromatic heterocycles. The molecule has 0 spiro atoms. The number of benzene rings is 2. The second kappa shape index (κ2) is 17.2. The molecular formula is C44H47N9O6. The normalized spacial score (nSPS) is 20.1. The molecule has 15 nitrogen and oxygen atoms in total. The monoisotopic (exact) mass is 797 g/mol. The first-order valence-electron chi connectivity index (χ1n) is 20.4. The fraction of sp³-hybridized carbons (Fsp3) is 0.409. The number of pyridine rings is 2. The molecule has 1 aliphatic carbocycles. The third-order valence-corrected chi connectivity index (χ3v) is 12.1. The van der Waals surface area contributed by atoms with Gasteiger partial charge >= 0.3 is 0 Å². The highest BCUT2D eigenvalue weighted by Gasteiger charge is 2.43. The van der Waals surface area contributed by atoms with Crippen LogP contribution < -0.4 is 25.2 Å². The maximum atomic E-state index is 13.4. The average Bonchev–Trinajstić information content (AvgIpc) is 3.51. The van der Waals surface area contributed by atoms with E-state index >= 15 is 0 Å². The number of anilines is 2. The Morgan fingerprint density at radius 3 is 2.44 bits per heavy atom. The first kappa shape index (κ1) is 39.4. The quantitative estimate of drug-likeness (QED) is 0.149. The summed E-state index contributed by atoms with van der Waals surface area (Å²) in [6.07, 6.45) is 7.58. The number of ether oxygens (including phenoxy) is 1. The van der Waals surface area contributed by atoms with Gasteiger partial charge in [0.05, 0.1) is 27.8 Å². The Bertz CT molecular complexity index is 2290. The number of piperazine rings is 1. The summed E-state index contributed by atoms with van der Waals surface area (Å²) in [5.41, 5.74) is 3.09. The van der Waals surface area contributed by atoms with E-state index in [1.807, 2.05) is 36.4 Å². The predicted octanol–water partition coefficient (Wildman–Crippen LogP) is 3.57. The van der Waals surface area contributed by atoms with Gasteiger partial charge in [-0.3, -0.25) is 34.0 Å². The predicted molar refractivity (Wildman–Crippen MR) is 219 cm³/mol. The third-order valence-electron chi connectivity index (χ3n) is 12.1. The van der Waals surface area contributed by atoms with Crippen molar-refractivity contribution < 1.29 is 28.7 Å². The van der Waals surface area contributed by atoms with Gasteiger partial charge < -0.3 is 30.0 Å². The SMILES string of the molecule is CNC(=O)C(CCC=O)N1C(=O)c2ccc(N3CCN(CC4CCN(c5ccc(C(=O)N[C@H]6C[C@@H](Oc7ccc(C#N)c8ncccc78)C6)cn5)CC4)CC3)cc2C1=O. The highest BCUT2D eigenvalue weighted by atomic mass is 16.5. The van der Waals surface area contributed by atoms with Crippen LogP contribution in [-0.2, 0) is 9.59 Å². The van der Waals surface area contributed by atoms with Crippen LogP contribution in [0.3, 0.4) is 0 Å². The van der Waals surface area contributed by atoms with Crippen LogP contribution in [0.2, 0.25) is 0 Å². The molecule has 5 heterocycles. The average molecular weight is 798 g/mol. The number of nitriles is 1. The summed E-state index contributed by atoms with van der Waals surface area (Å²) >= 11 is 0. The Morgan fingerprint density at radius 2 is 1.73 bits per heavy atom. The van der Waals surface area contributed by atoms with Gasteiger partial charge in [0, 0.05) is 102 Å². The zero-order valence-corrected chi connectivity index (χ0v) is 33.0. The van der Waals surface area contributed by atoms with Crippen molar-refractivity contribution in [3.63, 3.8) is 0 Å². The number of rotatable bonds is 13. The summed E-state index contributed by atoms with van der Waals surface area (Å²) in [5.74, 6) is 0.483. The third kappa shape index (κ3) is 8.18. The van der Waals surface area contributed by atoms with Gasteiger partial charge in [-0.2, -0.15) is 5.26 Å². The van der Waals surface area contributed by atoms with Gasteiger partial charge in [-0.1, -0.05) is 0 Å². The number of likely N-dealkylation sites (N-methyl/N-ethyl adjacent to an activating group) is 1. The van der Waals surface area contributed by atoms with Gasteiger partial charge in [0.25, 0.3) is 17.7 Å². The van der Waals surface area contributed by atoms with Crippen LogP contribution in [0, 0.1) is 17.2 Å². The van der Waals surface area contributed by atoms with Crippen molar-refractivity contribution in [3.05, 3.63) is 89.2 Å². The highest BCUT2D eigenvalue weighted by Crippen LogP contribution is 2.33. The first-order chi connectivity index (χ1) is 28.7. The van der Waals surface area contributed by atoms with E-state index in [4.69, 9.17) is 4.74 Å². The number of piperidine rings is 1. The molecule has 0 bridgehead atoms. The van der Waals surface area contributed by atoms with Crippen LogP contribution in [-0.4, -0.2) is 121 Å². The van der Waals surface area contributed by atoms with Crippen LogP contribution >= 0.6 is 0 Å². The van der Waals surface area contributed by atoms with E-state index < -0.39 is 23.8 Å². The zero-order chi connectivity index (χ0) is 41.0. The number of carbonyl (C=O) groups is 5. The minimum Gasteiger partial charge on any atom is -0.490 e. The lowest BCUT2D eigenvalue weighted by Crippen LogP contribution is -2.49. The summed E-state index contributed by atoms with van der Waals surface area (Å²) in [4.78, 5) is 80.2. The lowest BCUT2D eigenvalue weighted by atomic mass is 9.89. The summed E-state index contributed by atoms with van der Waals surface area (Å²) in [5, 5.41) is 15.8. The lowest BCUT2D eigenvalue weighted by Gasteiger charge is -2.40. The van der Waals surface area contributed by atoms with Gasteiger partial charge in [-0.05, 0) is 79.8 Å². The second-order valence-corrected chi connectivity index (χ2v) is 15.7. The Morgan fingerprint density at radius 1 is 0.949 bits per heavy atom. The van der Waals surface area contributed by atoms with E-state index in [1.165, 1.54) is 7.05 Å². The molecule has 2 aromatic carbocycles. The van der Waals surface area contributed by atoms with Crippen molar-refractivity contribution in [2.45, 2.75) is 56.7 Å². The van der Waals surface area contributed by atoms with Gasteiger partial charge in [0.15, 0.2) is 0 Å². The number of amides is 4. The Kier molecular flexibility index (Phi) is 11.5. The molecule has 15 heteroatoms. The fourth-order valence-corrected chi connectivity index (χ4v) is 8.67. The standard InChI is InChI=1S/C44H47N9O6/c1-46-42(56)37(5-3-21-54)53-43(57)34-9-8-32(24-36(34)44(53)58)51-19-17-50(18-20-51)27-28-12-15-52(16-13-28)39-11-7-30(26-48-39)41(55)49-31-22-33(23-31)59-38-10-6-29(25-45)40-35(38)4-2-14-47-40/h2,4,6-11,14,21,24,26,28,31,33,37H,3,5,12-13,15-20,22-23,27H2,1H3,(H,46,56)(H,49,55)/t31-,33+,37?. The molecule has 4 aliphatic rings. The Hall–Kier alpha value is -6.40. The van der Waals surface area contributed by atoms with Gasteiger partial charge in [0.1, 0.15) is 36.1 Å². The molecule has 1 atom stereocenters. The fourth-order valence-electron chi connectivity index (χ4n) is 8.67. The first-order valence-corrected chi connectivity index (χ1v) is 20.4. The molecule has 1 unspecified atom stereocenters. The minimum atomic E-state index is -1.04. The topological polar surface area (TPSA) is 181 Å². The number of imide groups is 1. The summed E-state index contributed by atoms with van der Waals surface area (Å²) in [6, 6.07) is 17.5. The number of aldehydes is 1. The summed E-state index contributed by atoms with van der Waals surface area (Å²) in [6.45, 7) is 6.14. The molecule has 59 heavy (non-hydrogen) atoms. The number of aromatic nitrogens is 2. The highest BCUT2D eigenvalue weighted by molar-refractivity contribution is 6.23. The van der Waals surface area contributed by atoms with Crippen LogP contribution in [0.15, 0.2) is 67.0 Å². The lowest BCUT2D eigenvalue weighted by molar-refractivity contribution is -0.124. The van der Waals surface area contributed by atoms with Crippen molar-refractivity contribution >= 4 is 52.3 Å². The van der Waals surface area contributed by atoms with E-state index in [-0.39, 0.29) is 42.0 Å². The largest absolute Gasteiger partial charge is 0.490 e. The van der Waals surface area contributed by atoms with E-state index in [2.05, 4.69) is 41.4 Å². The van der Waals surface area contributed by atoms with E-state index in [9.17, 15) is 29.2 Å². The van der Waals surface area contributed by atoms with Crippen molar-refractivity contribution in [3.8, 4) is 11.8 Å². The zero-order valence-electron chi connectivity index (χ0n) is 33.0. The maximum absolute atomic E-state index is 13.4. The molecule has 2 saturated heterocycles. The van der Waals surface area contributed by atoms with Gasteiger partial charge in [0.2, 0.25) is 5.91 Å². The Labute approximate surface area is 342 Å². The molecule has 3 aliphatic heterocycles. The number of fused-ring (bicyclic) bond motifs is 2. The van der Waals surface area contributed by atoms with Gasteiger partial charge in [-0.15, -0.1) is 0 Å². The minimum absolute atomic E-state index is 0.0109. The molecule has 3 fully saturated rings. The number of carbonyl (C=O) groups excluding carboxylic acids is 5. The Balaban J connectivity index is 0.764. The van der Waals surface area contributed by atoms with Crippen molar-refractivity contribution in [2.24, 2.45) is 5.92 Å². The van der Waals surface area contributed by atoms with Crippen molar-refractivity contribution in [1.82, 2.24) is 30.4 Å². The van der Waals surface area contributed by atoms with Crippen LogP contribution in [0.4, 0.5) is 11.5 Å². The van der Waals surface area contributed by atoms with E-state index in [1.54, 1.807) is 30.6 Å². The van der Waals surface area contributed by atoms with E-state index in [0.29, 0.717) is 47.4 Å². The molecule has 4 aromatic rings. The number of hydrogen-bond donors (Lipinski definition) is 2. The maximum Gasteiger partial charge on any atom is 0.262 e. The van der Waals surface area contributed by atoms with Gasteiger partial charge in [-0.25, -0.2) is 4.98 Å².